The number of aromatic amines is 1. The van der Waals surface area contributed by atoms with Gasteiger partial charge in [0.25, 0.3) is 11.5 Å². The normalized spacial score (nSPS) is 11.2. The molecule has 6 nitrogen and oxygen atoms in total. The van der Waals surface area contributed by atoms with Crippen LogP contribution in [-0.4, -0.2) is 27.9 Å². The number of alkyl halides is 3. The molecular weight excluding hydrogens is 554 g/mol. The number of nitriles is 1. The van der Waals surface area contributed by atoms with Gasteiger partial charge in [-0.3, -0.25) is 9.59 Å². The highest BCUT2D eigenvalue weighted by Crippen LogP contribution is 2.40. The zero-order chi connectivity index (χ0) is 28.5. The number of amides is 1. The van der Waals surface area contributed by atoms with Gasteiger partial charge in [-0.15, -0.1) is 0 Å². The molecule has 0 saturated carbocycles. The van der Waals surface area contributed by atoms with Crippen LogP contribution in [0.2, 0.25) is 10.0 Å². The second-order valence-electron chi connectivity index (χ2n) is 8.59. The molecule has 0 aliphatic rings. The number of aromatic nitrogens is 1. The smallest absolute Gasteiger partial charge is 0.416 e. The highest BCUT2D eigenvalue weighted by molar-refractivity contribution is 6.33. The molecule has 0 spiro atoms. The number of rotatable bonds is 5. The minimum atomic E-state index is -4.69. The number of pyridine rings is 1. The summed E-state index contributed by atoms with van der Waals surface area (Å²) < 4.78 is 40.1. The van der Waals surface area contributed by atoms with Crippen molar-refractivity contribution in [3.63, 3.8) is 0 Å². The Labute approximate surface area is 230 Å². The molecule has 39 heavy (non-hydrogen) atoms. The zero-order valence-corrected chi connectivity index (χ0v) is 21.6. The van der Waals surface area contributed by atoms with Gasteiger partial charge in [-0.2, -0.15) is 18.4 Å². The van der Waals surface area contributed by atoms with Crippen LogP contribution in [0.15, 0.2) is 71.5 Å². The van der Waals surface area contributed by atoms with Crippen molar-refractivity contribution in [3.05, 3.63) is 109 Å². The molecule has 3 aromatic carbocycles. The predicted molar refractivity (Wildman–Crippen MR) is 142 cm³/mol. The maximum Gasteiger partial charge on any atom is 0.416 e. The van der Waals surface area contributed by atoms with Crippen LogP contribution in [0.5, 0.6) is 5.75 Å². The summed E-state index contributed by atoms with van der Waals surface area (Å²) in [4.78, 5) is 29.4. The van der Waals surface area contributed by atoms with Crippen LogP contribution in [-0.2, 0) is 12.7 Å². The predicted octanol–water partition coefficient (Wildman–Crippen LogP) is 6.88. The average Bonchev–Trinajstić information content (AvgIpc) is 2.89. The summed E-state index contributed by atoms with van der Waals surface area (Å²) in [6.45, 7) is -0.0556. The van der Waals surface area contributed by atoms with Gasteiger partial charge in [-0.05, 0) is 48.5 Å². The lowest BCUT2D eigenvalue weighted by Gasteiger charge is -2.20. The summed E-state index contributed by atoms with van der Waals surface area (Å²) in [6.07, 6.45) is -4.69. The number of phenolic OH excluding ortho intramolecular Hbond substituents is 1. The second-order valence-corrected chi connectivity index (χ2v) is 9.44. The molecular formula is C28H18Cl2F3N3O3. The molecule has 0 aliphatic heterocycles. The van der Waals surface area contributed by atoms with E-state index < -0.39 is 22.9 Å². The first-order chi connectivity index (χ1) is 18.4. The van der Waals surface area contributed by atoms with Crippen molar-refractivity contribution in [1.82, 2.24) is 9.88 Å². The molecule has 1 amide bonds. The molecule has 0 radical (unpaired) electrons. The van der Waals surface area contributed by atoms with Crippen molar-refractivity contribution in [2.24, 2.45) is 0 Å². The highest BCUT2D eigenvalue weighted by Gasteiger charge is 2.31. The van der Waals surface area contributed by atoms with Crippen LogP contribution in [0.25, 0.3) is 22.4 Å². The molecule has 11 heteroatoms. The third-order valence-electron chi connectivity index (χ3n) is 5.95. The number of carbonyl (C=O) groups is 1. The number of hydrogen-bond donors (Lipinski definition) is 2. The van der Waals surface area contributed by atoms with Crippen molar-refractivity contribution < 1.29 is 23.1 Å². The minimum Gasteiger partial charge on any atom is -0.507 e. The van der Waals surface area contributed by atoms with Gasteiger partial charge in [-0.1, -0.05) is 41.4 Å². The molecule has 4 aromatic rings. The molecule has 0 bridgehead atoms. The lowest BCUT2D eigenvalue weighted by Crippen LogP contribution is -2.26. The molecule has 198 valence electrons. The average molecular weight is 572 g/mol. The van der Waals surface area contributed by atoms with Crippen LogP contribution in [0.4, 0.5) is 13.2 Å². The summed E-state index contributed by atoms with van der Waals surface area (Å²) in [6, 6.07) is 16.8. The van der Waals surface area contributed by atoms with E-state index in [0.29, 0.717) is 5.56 Å². The van der Waals surface area contributed by atoms with E-state index in [-0.39, 0.29) is 56.2 Å². The SMILES string of the molecule is CN(Cc1cc(Cl)cc(-c2cc(-c3cc(C(F)(F)F)ccc3Cl)c(C#N)c(=O)[nH]2)c1O)C(=O)c1ccccc1. The number of benzene rings is 3. The summed E-state index contributed by atoms with van der Waals surface area (Å²) in [7, 11) is 1.53. The second kappa shape index (κ2) is 10.8. The lowest BCUT2D eigenvalue weighted by atomic mass is 9.96. The minimum absolute atomic E-state index is 0.0271. The first-order valence-corrected chi connectivity index (χ1v) is 12.0. The fraction of sp³-hybridized carbons (Fsp3) is 0.107. The maximum absolute atomic E-state index is 13.4. The molecule has 4 rings (SSSR count). The number of carbonyl (C=O) groups excluding carboxylic acids is 1. The first-order valence-electron chi connectivity index (χ1n) is 11.3. The largest absolute Gasteiger partial charge is 0.507 e. The Balaban J connectivity index is 1.83. The van der Waals surface area contributed by atoms with Crippen molar-refractivity contribution in [3.8, 4) is 34.2 Å². The van der Waals surface area contributed by atoms with Crippen molar-refractivity contribution >= 4 is 29.1 Å². The molecule has 1 aromatic heterocycles. The Kier molecular flexibility index (Phi) is 7.72. The quantitative estimate of drug-likeness (QED) is 0.272. The highest BCUT2D eigenvalue weighted by atomic mass is 35.5. The Morgan fingerprint density at radius 3 is 2.36 bits per heavy atom. The fourth-order valence-corrected chi connectivity index (χ4v) is 4.51. The van der Waals surface area contributed by atoms with Gasteiger partial charge in [-0.25, -0.2) is 0 Å². The van der Waals surface area contributed by atoms with Crippen molar-refractivity contribution in [2.45, 2.75) is 12.7 Å². The molecule has 0 fully saturated rings. The third-order valence-corrected chi connectivity index (χ3v) is 6.50. The Morgan fingerprint density at radius 1 is 1.03 bits per heavy atom. The number of halogens is 5. The van der Waals surface area contributed by atoms with Gasteiger partial charge in [0, 0.05) is 51.5 Å². The van der Waals surface area contributed by atoms with E-state index in [1.54, 1.807) is 36.4 Å². The van der Waals surface area contributed by atoms with Crippen molar-refractivity contribution in [1.29, 1.82) is 5.26 Å². The number of phenols is 1. The van der Waals surface area contributed by atoms with Crippen LogP contribution >= 0.6 is 23.2 Å². The molecule has 0 saturated heterocycles. The number of nitrogens with zero attached hydrogens (tertiary/aromatic N) is 2. The Morgan fingerprint density at radius 2 is 1.72 bits per heavy atom. The van der Waals surface area contributed by atoms with E-state index in [1.807, 2.05) is 0 Å². The van der Waals surface area contributed by atoms with E-state index in [2.05, 4.69) is 4.98 Å². The third kappa shape index (κ3) is 5.77. The van der Waals surface area contributed by atoms with Gasteiger partial charge in [0.2, 0.25) is 0 Å². The molecule has 1 heterocycles. The summed E-state index contributed by atoms with van der Waals surface area (Å²) >= 11 is 12.5. The Bertz CT molecular complexity index is 1680. The molecule has 0 unspecified atom stereocenters. The molecule has 0 aliphatic carbocycles. The van der Waals surface area contributed by atoms with Gasteiger partial charge < -0.3 is 15.0 Å². The number of aromatic hydroxyl groups is 1. The summed E-state index contributed by atoms with van der Waals surface area (Å²) in [5.74, 6) is -0.640. The Hall–Kier alpha value is -4.26. The van der Waals surface area contributed by atoms with E-state index >= 15 is 0 Å². The fourth-order valence-electron chi connectivity index (χ4n) is 4.05. The number of H-pyrrole nitrogens is 1. The topological polar surface area (TPSA) is 97.2 Å². The maximum atomic E-state index is 13.4. The van der Waals surface area contributed by atoms with Gasteiger partial charge in [0.15, 0.2) is 0 Å². The summed E-state index contributed by atoms with van der Waals surface area (Å²) in [5, 5.41) is 20.7. The monoisotopic (exact) mass is 571 g/mol. The van der Waals surface area contributed by atoms with E-state index in [1.165, 1.54) is 30.1 Å². The lowest BCUT2D eigenvalue weighted by molar-refractivity contribution is -0.137. The van der Waals surface area contributed by atoms with Crippen LogP contribution in [0.1, 0.15) is 27.0 Å². The first kappa shape index (κ1) is 27.8. The van der Waals surface area contributed by atoms with Gasteiger partial charge >= 0.3 is 6.18 Å². The zero-order valence-electron chi connectivity index (χ0n) is 20.1. The number of nitrogens with one attached hydrogen (secondary N) is 1. The molecule has 2 N–H and O–H groups in total. The van der Waals surface area contributed by atoms with Crippen LogP contribution in [0.3, 0.4) is 0 Å². The number of hydrogen-bond acceptors (Lipinski definition) is 4. The van der Waals surface area contributed by atoms with Gasteiger partial charge in [0.05, 0.1) is 11.3 Å². The molecule has 0 atom stereocenters. The van der Waals surface area contributed by atoms with E-state index in [4.69, 9.17) is 23.2 Å². The van der Waals surface area contributed by atoms with Gasteiger partial charge in [0.1, 0.15) is 17.4 Å². The standard InChI is InChI=1S/C28H18Cl2F3N3O3/c1-36(27(39)15-5-3-2-4-6-15)14-16-9-18(29)11-21(25(16)37)24-12-19(22(13-34)26(38)35-24)20-10-17(28(31,32)33)7-8-23(20)30/h2-12,37H,14H2,1H3,(H,35,38). The van der Waals surface area contributed by atoms with Crippen LogP contribution < -0.4 is 5.56 Å². The van der Waals surface area contributed by atoms with E-state index in [0.717, 1.165) is 18.2 Å². The van der Waals surface area contributed by atoms with Crippen LogP contribution in [0, 0.1) is 11.3 Å². The van der Waals surface area contributed by atoms with E-state index in [9.17, 15) is 33.1 Å². The summed E-state index contributed by atoms with van der Waals surface area (Å²) in [5.41, 5.74) is -2.06. The van der Waals surface area contributed by atoms with Crippen molar-refractivity contribution in [2.75, 3.05) is 7.05 Å².